The number of aryl methyl sites for hydroxylation is 3. The molecule has 33 heavy (non-hydrogen) atoms. The molecule has 0 aliphatic heterocycles. The Morgan fingerprint density at radius 2 is 1.55 bits per heavy atom. The fourth-order valence-electron chi connectivity index (χ4n) is 3.40. The van der Waals surface area contributed by atoms with Gasteiger partial charge in [0.1, 0.15) is 5.75 Å². The van der Waals surface area contributed by atoms with Crippen LogP contribution >= 0.6 is 0 Å². The highest BCUT2D eigenvalue weighted by Crippen LogP contribution is 2.21. The van der Waals surface area contributed by atoms with E-state index in [1.807, 2.05) is 39.0 Å². The molecule has 0 bridgehead atoms. The highest BCUT2D eigenvalue weighted by atomic mass is 16.5. The van der Waals surface area contributed by atoms with E-state index in [0.29, 0.717) is 28.4 Å². The van der Waals surface area contributed by atoms with Gasteiger partial charge in [-0.05, 0) is 75.4 Å². The first-order chi connectivity index (χ1) is 15.8. The van der Waals surface area contributed by atoms with E-state index in [0.717, 1.165) is 17.0 Å². The van der Waals surface area contributed by atoms with Crippen molar-refractivity contribution < 1.29 is 14.3 Å². The summed E-state index contributed by atoms with van der Waals surface area (Å²) in [6.07, 6.45) is 1.47. The number of hydrogen-bond donors (Lipinski definition) is 0. The van der Waals surface area contributed by atoms with Gasteiger partial charge in [0.2, 0.25) is 0 Å². The summed E-state index contributed by atoms with van der Waals surface area (Å²) in [6, 6.07) is 19.5. The standard InChI is InChI=1S/C26H24N4O3/c1-17-5-7-20(8-6-17)25(31)29(4)22-10-12-23(13-11-22)33-26(32)21-9-14-24(27-16-21)30-19(3)15-18(2)28-30/h5-16H,1-4H3. The maximum atomic E-state index is 12.7. The van der Waals surface area contributed by atoms with E-state index in [9.17, 15) is 9.59 Å². The van der Waals surface area contributed by atoms with E-state index in [1.54, 1.807) is 65.2 Å². The van der Waals surface area contributed by atoms with E-state index >= 15 is 0 Å². The molecule has 7 heteroatoms. The van der Waals surface area contributed by atoms with Crippen LogP contribution in [0.4, 0.5) is 5.69 Å². The van der Waals surface area contributed by atoms with Crippen molar-refractivity contribution in [3.8, 4) is 11.6 Å². The number of carbonyl (C=O) groups excluding carboxylic acids is 2. The topological polar surface area (TPSA) is 77.3 Å². The molecule has 0 N–H and O–H groups in total. The Kier molecular flexibility index (Phi) is 6.04. The largest absolute Gasteiger partial charge is 0.423 e. The first-order valence-electron chi connectivity index (χ1n) is 10.5. The average molecular weight is 441 g/mol. The predicted octanol–water partition coefficient (Wildman–Crippen LogP) is 4.69. The van der Waals surface area contributed by atoms with Crippen molar-refractivity contribution in [3.63, 3.8) is 0 Å². The van der Waals surface area contributed by atoms with Crippen LogP contribution in [-0.2, 0) is 0 Å². The van der Waals surface area contributed by atoms with Gasteiger partial charge >= 0.3 is 5.97 Å². The van der Waals surface area contributed by atoms with Crippen molar-refractivity contribution in [2.24, 2.45) is 0 Å². The quantitative estimate of drug-likeness (QED) is 0.332. The van der Waals surface area contributed by atoms with Gasteiger partial charge in [-0.15, -0.1) is 0 Å². The van der Waals surface area contributed by atoms with Crippen molar-refractivity contribution in [1.29, 1.82) is 0 Å². The van der Waals surface area contributed by atoms with Gasteiger partial charge in [-0.2, -0.15) is 5.10 Å². The van der Waals surface area contributed by atoms with Crippen LogP contribution in [-0.4, -0.2) is 33.7 Å². The zero-order chi connectivity index (χ0) is 23.5. The number of benzene rings is 2. The summed E-state index contributed by atoms with van der Waals surface area (Å²) in [4.78, 5) is 31.1. The summed E-state index contributed by atoms with van der Waals surface area (Å²) in [6.45, 7) is 5.83. The number of aromatic nitrogens is 3. The van der Waals surface area contributed by atoms with Crippen LogP contribution in [0.3, 0.4) is 0 Å². The van der Waals surface area contributed by atoms with Crippen LogP contribution in [0.25, 0.3) is 5.82 Å². The smallest absolute Gasteiger partial charge is 0.345 e. The van der Waals surface area contributed by atoms with Gasteiger partial charge < -0.3 is 9.64 Å². The fraction of sp³-hybridized carbons (Fsp3) is 0.154. The van der Waals surface area contributed by atoms with Gasteiger partial charge in [0.05, 0.1) is 11.3 Å². The second kappa shape index (κ2) is 9.08. The number of amides is 1. The van der Waals surface area contributed by atoms with Crippen LogP contribution in [0.1, 0.15) is 37.7 Å². The van der Waals surface area contributed by atoms with Crippen LogP contribution in [0.5, 0.6) is 5.75 Å². The molecule has 2 heterocycles. The van der Waals surface area contributed by atoms with E-state index in [-0.39, 0.29) is 5.91 Å². The number of carbonyl (C=O) groups is 2. The van der Waals surface area contributed by atoms with E-state index < -0.39 is 5.97 Å². The van der Waals surface area contributed by atoms with Crippen LogP contribution < -0.4 is 9.64 Å². The number of ether oxygens (including phenoxy) is 1. The third kappa shape index (κ3) is 4.82. The van der Waals surface area contributed by atoms with Gasteiger partial charge in [-0.25, -0.2) is 14.5 Å². The van der Waals surface area contributed by atoms with Crippen LogP contribution in [0, 0.1) is 20.8 Å². The zero-order valence-corrected chi connectivity index (χ0v) is 18.9. The number of pyridine rings is 1. The summed E-state index contributed by atoms with van der Waals surface area (Å²) in [5.41, 5.74) is 4.58. The third-order valence-corrected chi connectivity index (χ3v) is 5.25. The molecular weight excluding hydrogens is 416 g/mol. The molecular formula is C26H24N4O3. The maximum absolute atomic E-state index is 12.7. The lowest BCUT2D eigenvalue weighted by Gasteiger charge is -2.18. The normalized spacial score (nSPS) is 10.7. The van der Waals surface area contributed by atoms with Crippen molar-refractivity contribution >= 4 is 17.6 Å². The predicted molar refractivity (Wildman–Crippen MR) is 126 cm³/mol. The second-order valence-electron chi connectivity index (χ2n) is 7.86. The molecule has 0 aliphatic carbocycles. The number of rotatable bonds is 5. The first kappa shape index (κ1) is 22.0. The lowest BCUT2D eigenvalue weighted by molar-refractivity contribution is 0.0734. The number of esters is 1. The molecule has 2 aromatic carbocycles. The summed E-state index contributed by atoms with van der Waals surface area (Å²) >= 11 is 0. The molecule has 0 fully saturated rings. The number of anilines is 1. The minimum Gasteiger partial charge on any atom is -0.423 e. The molecule has 0 spiro atoms. The lowest BCUT2D eigenvalue weighted by Crippen LogP contribution is -2.26. The zero-order valence-electron chi connectivity index (χ0n) is 18.9. The minimum atomic E-state index is -0.515. The first-order valence-corrected chi connectivity index (χ1v) is 10.5. The molecule has 1 amide bonds. The number of hydrogen-bond acceptors (Lipinski definition) is 5. The van der Waals surface area contributed by atoms with Gasteiger partial charge in [-0.3, -0.25) is 4.79 Å². The minimum absolute atomic E-state index is 0.117. The second-order valence-corrected chi connectivity index (χ2v) is 7.86. The fourth-order valence-corrected chi connectivity index (χ4v) is 3.40. The molecule has 4 rings (SSSR count). The Balaban J connectivity index is 1.42. The summed E-state index contributed by atoms with van der Waals surface area (Å²) in [5.74, 6) is 0.373. The van der Waals surface area contributed by atoms with Gasteiger partial charge in [0, 0.05) is 30.2 Å². The van der Waals surface area contributed by atoms with Crippen molar-refractivity contribution in [2.45, 2.75) is 20.8 Å². The van der Waals surface area contributed by atoms with Crippen molar-refractivity contribution in [2.75, 3.05) is 11.9 Å². The SMILES string of the molecule is Cc1ccc(C(=O)N(C)c2ccc(OC(=O)c3ccc(-n4nc(C)cc4C)nc3)cc2)cc1. The van der Waals surface area contributed by atoms with Gasteiger partial charge in [-0.1, -0.05) is 17.7 Å². The highest BCUT2D eigenvalue weighted by molar-refractivity contribution is 6.05. The Morgan fingerprint density at radius 3 is 2.12 bits per heavy atom. The number of nitrogens with zero attached hydrogens (tertiary/aromatic N) is 4. The Hall–Kier alpha value is -4.26. The molecule has 0 atom stereocenters. The Morgan fingerprint density at radius 1 is 0.879 bits per heavy atom. The molecule has 4 aromatic rings. The van der Waals surface area contributed by atoms with E-state index in [4.69, 9.17) is 4.74 Å². The summed E-state index contributed by atoms with van der Waals surface area (Å²) in [5, 5.41) is 4.39. The molecule has 0 saturated carbocycles. The van der Waals surface area contributed by atoms with Gasteiger partial charge in [0.25, 0.3) is 5.91 Å². The molecule has 0 aliphatic rings. The van der Waals surface area contributed by atoms with Gasteiger partial charge in [0.15, 0.2) is 5.82 Å². The Labute approximate surface area is 192 Å². The van der Waals surface area contributed by atoms with Crippen molar-refractivity contribution in [1.82, 2.24) is 14.8 Å². The summed E-state index contributed by atoms with van der Waals surface area (Å²) < 4.78 is 7.18. The molecule has 2 aromatic heterocycles. The van der Waals surface area contributed by atoms with E-state index in [1.165, 1.54) is 6.20 Å². The third-order valence-electron chi connectivity index (χ3n) is 5.25. The molecule has 7 nitrogen and oxygen atoms in total. The highest BCUT2D eigenvalue weighted by Gasteiger charge is 2.15. The summed E-state index contributed by atoms with van der Waals surface area (Å²) in [7, 11) is 1.71. The average Bonchev–Trinajstić information content (AvgIpc) is 3.17. The molecule has 166 valence electrons. The molecule has 0 saturated heterocycles. The van der Waals surface area contributed by atoms with Crippen molar-refractivity contribution in [3.05, 3.63) is 101 Å². The van der Waals surface area contributed by atoms with E-state index in [2.05, 4.69) is 10.1 Å². The maximum Gasteiger partial charge on any atom is 0.345 e. The lowest BCUT2D eigenvalue weighted by atomic mass is 10.1. The molecule has 0 radical (unpaired) electrons. The monoisotopic (exact) mass is 440 g/mol. The van der Waals surface area contributed by atoms with Crippen LogP contribution in [0.15, 0.2) is 72.9 Å². The molecule has 0 unspecified atom stereocenters. The van der Waals surface area contributed by atoms with Crippen LogP contribution in [0.2, 0.25) is 0 Å². The Bertz CT molecular complexity index is 1290.